The molecule has 1 N–H and O–H groups in total. The summed E-state index contributed by atoms with van der Waals surface area (Å²) in [6.07, 6.45) is 0.865. The zero-order valence-electron chi connectivity index (χ0n) is 8.68. The summed E-state index contributed by atoms with van der Waals surface area (Å²) >= 11 is 0. The molecule has 0 saturated carbocycles. The number of anilines is 1. The van der Waals surface area contributed by atoms with Gasteiger partial charge in [-0.15, -0.1) is 0 Å². The highest BCUT2D eigenvalue weighted by Crippen LogP contribution is 2.17. The van der Waals surface area contributed by atoms with Gasteiger partial charge < -0.3 is 5.32 Å². The lowest BCUT2D eigenvalue weighted by molar-refractivity contribution is 0.624. The van der Waals surface area contributed by atoms with E-state index in [1.54, 1.807) is 12.1 Å². The summed E-state index contributed by atoms with van der Waals surface area (Å²) in [5.74, 6) is -0.496. The Morgan fingerprint density at radius 2 is 2.33 bits per heavy atom. The Labute approximate surface area is 89.0 Å². The van der Waals surface area contributed by atoms with Crippen molar-refractivity contribution in [3.8, 4) is 6.07 Å². The van der Waals surface area contributed by atoms with E-state index in [4.69, 9.17) is 5.26 Å². The Hall–Kier alpha value is -1.82. The van der Waals surface area contributed by atoms with Crippen molar-refractivity contribution in [1.82, 2.24) is 0 Å². The Morgan fingerprint density at radius 3 is 2.93 bits per heavy atom. The average molecular weight is 204 g/mol. The van der Waals surface area contributed by atoms with E-state index in [-0.39, 0.29) is 5.56 Å². The number of nitrogens with zero attached hydrogens (tertiary/aromatic N) is 1. The largest absolute Gasteiger partial charge is 0.380 e. The first-order chi connectivity index (χ1) is 7.19. The summed E-state index contributed by atoms with van der Waals surface area (Å²) < 4.78 is 13.2. The molecule has 0 atom stereocenters. The molecule has 0 aliphatic heterocycles. The van der Waals surface area contributed by atoms with Crippen LogP contribution in [-0.4, -0.2) is 6.54 Å². The number of halogens is 1. The third kappa shape index (κ3) is 2.81. The second kappa shape index (κ2) is 5.16. The molecule has 2 nitrogen and oxygen atoms in total. The molecule has 15 heavy (non-hydrogen) atoms. The SMILES string of the molecule is C=C(CC)CNc1cccc(F)c1C#N. The lowest BCUT2D eigenvalue weighted by Crippen LogP contribution is -2.05. The van der Waals surface area contributed by atoms with Gasteiger partial charge in [0.1, 0.15) is 17.4 Å². The van der Waals surface area contributed by atoms with E-state index >= 15 is 0 Å². The quantitative estimate of drug-likeness (QED) is 0.765. The topological polar surface area (TPSA) is 35.8 Å². The molecule has 0 aromatic heterocycles. The van der Waals surface area contributed by atoms with Gasteiger partial charge in [-0.2, -0.15) is 5.26 Å². The predicted octanol–water partition coefficient (Wildman–Crippen LogP) is 3.08. The summed E-state index contributed by atoms with van der Waals surface area (Å²) in [5.41, 5.74) is 1.59. The smallest absolute Gasteiger partial charge is 0.143 e. The Bertz CT molecular complexity index is 405. The van der Waals surface area contributed by atoms with E-state index < -0.39 is 5.82 Å². The average Bonchev–Trinajstić information content (AvgIpc) is 2.25. The molecule has 0 unspecified atom stereocenters. The zero-order chi connectivity index (χ0) is 11.3. The van der Waals surface area contributed by atoms with Gasteiger partial charge in [0.05, 0.1) is 5.69 Å². The molecule has 1 aromatic carbocycles. The predicted molar refractivity (Wildman–Crippen MR) is 59.0 cm³/mol. The van der Waals surface area contributed by atoms with Crippen molar-refractivity contribution in [2.75, 3.05) is 11.9 Å². The van der Waals surface area contributed by atoms with Crippen LogP contribution in [0.4, 0.5) is 10.1 Å². The molecule has 3 heteroatoms. The van der Waals surface area contributed by atoms with Crippen molar-refractivity contribution in [1.29, 1.82) is 5.26 Å². The molecule has 0 aliphatic rings. The van der Waals surface area contributed by atoms with E-state index in [0.717, 1.165) is 12.0 Å². The first-order valence-corrected chi connectivity index (χ1v) is 4.78. The van der Waals surface area contributed by atoms with E-state index in [9.17, 15) is 4.39 Å². The van der Waals surface area contributed by atoms with Gasteiger partial charge >= 0.3 is 0 Å². The fraction of sp³-hybridized carbons (Fsp3) is 0.250. The van der Waals surface area contributed by atoms with Gasteiger partial charge in [-0.05, 0) is 18.6 Å². The molecule has 0 saturated heterocycles. The third-order valence-electron chi connectivity index (χ3n) is 2.15. The van der Waals surface area contributed by atoms with Crippen molar-refractivity contribution in [3.63, 3.8) is 0 Å². The van der Waals surface area contributed by atoms with E-state index in [1.165, 1.54) is 6.07 Å². The van der Waals surface area contributed by atoms with E-state index in [1.807, 2.05) is 13.0 Å². The van der Waals surface area contributed by atoms with Crippen molar-refractivity contribution in [3.05, 3.63) is 41.7 Å². The highest BCUT2D eigenvalue weighted by Gasteiger charge is 2.06. The maximum Gasteiger partial charge on any atom is 0.143 e. The highest BCUT2D eigenvalue weighted by atomic mass is 19.1. The van der Waals surface area contributed by atoms with Crippen molar-refractivity contribution in [2.24, 2.45) is 0 Å². The van der Waals surface area contributed by atoms with Gasteiger partial charge in [0, 0.05) is 6.54 Å². The molecular formula is C12H13FN2. The maximum atomic E-state index is 13.2. The van der Waals surface area contributed by atoms with Crippen LogP contribution in [0, 0.1) is 17.1 Å². The molecule has 0 spiro atoms. The lowest BCUT2D eigenvalue weighted by Gasteiger charge is -2.09. The molecule has 0 amide bonds. The van der Waals surface area contributed by atoms with E-state index in [0.29, 0.717) is 12.2 Å². The third-order valence-corrected chi connectivity index (χ3v) is 2.15. The summed E-state index contributed by atoms with van der Waals surface area (Å²) in [6, 6.07) is 6.38. The number of nitrogens with one attached hydrogen (secondary N) is 1. The summed E-state index contributed by atoms with van der Waals surface area (Å²) in [7, 11) is 0. The van der Waals surface area contributed by atoms with Crippen LogP contribution in [0.3, 0.4) is 0 Å². The first kappa shape index (κ1) is 11.3. The molecule has 0 heterocycles. The van der Waals surface area contributed by atoms with Crippen LogP contribution < -0.4 is 5.32 Å². The van der Waals surface area contributed by atoms with Gasteiger partial charge in [0.2, 0.25) is 0 Å². The molecular weight excluding hydrogens is 191 g/mol. The Balaban J connectivity index is 2.82. The van der Waals surface area contributed by atoms with Gasteiger partial charge in [-0.25, -0.2) is 4.39 Å². The highest BCUT2D eigenvalue weighted by molar-refractivity contribution is 5.58. The molecule has 0 fully saturated rings. The van der Waals surface area contributed by atoms with Gasteiger partial charge in [-0.1, -0.05) is 25.1 Å². The molecule has 78 valence electrons. The fourth-order valence-corrected chi connectivity index (χ4v) is 1.13. The fourth-order valence-electron chi connectivity index (χ4n) is 1.13. The van der Waals surface area contributed by atoms with E-state index in [2.05, 4.69) is 11.9 Å². The summed E-state index contributed by atoms with van der Waals surface area (Å²) in [6.45, 7) is 6.39. The number of benzene rings is 1. The number of hydrogen-bond acceptors (Lipinski definition) is 2. The second-order valence-corrected chi connectivity index (χ2v) is 3.23. The Morgan fingerprint density at radius 1 is 1.60 bits per heavy atom. The molecule has 1 rings (SSSR count). The van der Waals surface area contributed by atoms with Gasteiger partial charge in [0.25, 0.3) is 0 Å². The Kier molecular flexibility index (Phi) is 3.87. The minimum atomic E-state index is -0.496. The zero-order valence-corrected chi connectivity index (χ0v) is 8.68. The van der Waals surface area contributed by atoms with Crippen molar-refractivity contribution < 1.29 is 4.39 Å². The second-order valence-electron chi connectivity index (χ2n) is 3.23. The van der Waals surface area contributed by atoms with Crippen LogP contribution in [0.25, 0.3) is 0 Å². The van der Waals surface area contributed by atoms with Crippen LogP contribution in [-0.2, 0) is 0 Å². The number of rotatable bonds is 4. The normalized spacial score (nSPS) is 9.40. The minimum absolute atomic E-state index is 0.0569. The molecule has 1 aromatic rings. The summed E-state index contributed by atoms with van der Waals surface area (Å²) in [4.78, 5) is 0. The summed E-state index contributed by atoms with van der Waals surface area (Å²) in [5, 5.41) is 11.8. The van der Waals surface area contributed by atoms with Crippen molar-refractivity contribution >= 4 is 5.69 Å². The van der Waals surface area contributed by atoms with Crippen LogP contribution >= 0.6 is 0 Å². The van der Waals surface area contributed by atoms with Gasteiger partial charge in [-0.3, -0.25) is 0 Å². The monoisotopic (exact) mass is 204 g/mol. The van der Waals surface area contributed by atoms with Crippen LogP contribution in [0.1, 0.15) is 18.9 Å². The van der Waals surface area contributed by atoms with Crippen LogP contribution in [0.15, 0.2) is 30.4 Å². The lowest BCUT2D eigenvalue weighted by atomic mass is 10.1. The van der Waals surface area contributed by atoms with Crippen LogP contribution in [0.5, 0.6) is 0 Å². The number of hydrogen-bond donors (Lipinski definition) is 1. The van der Waals surface area contributed by atoms with Crippen molar-refractivity contribution in [2.45, 2.75) is 13.3 Å². The molecule has 0 bridgehead atoms. The maximum absolute atomic E-state index is 13.2. The minimum Gasteiger partial charge on any atom is -0.380 e. The van der Waals surface area contributed by atoms with Gasteiger partial charge in [0.15, 0.2) is 0 Å². The molecule has 0 radical (unpaired) electrons. The first-order valence-electron chi connectivity index (χ1n) is 4.78. The van der Waals surface area contributed by atoms with Crippen LogP contribution in [0.2, 0.25) is 0 Å². The number of nitriles is 1. The standard InChI is InChI=1S/C12H13FN2/c1-3-9(2)8-15-12-6-4-5-11(13)10(12)7-14/h4-6,15H,2-3,8H2,1H3. The molecule has 0 aliphatic carbocycles.